The van der Waals surface area contributed by atoms with Crippen LogP contribution in [0.2, 0.25) is 0 Å². The molecule has 54 valence electrons. The number of nitrogens with zero attached hydrogens (tertiary/aromatic N) is 1. The summed E-state index contributed by atoms with van der Waals surface area (Å²) >= 11 is 4.23. The fourth-order valence-electron chi connectivity index (χ4n) is 1.06. The van der Waals surface area contributed by atoms with E-state index >= 15 is 0 Å². The van der Waals surface area contributed by atoms with Gasteiger partial charge in [-0.3, -0.25) is 0 Å². The minimum Gasteiger partial charge on any atom is -0.303 e. The third-order valence-electron chi connectivity index (χ3n) is 1.83. The quantitative estimate of drug-likeness (QED) is 0.585. The fraction of sp³-hybridized carbons (Fsp3) is 1.00. The summed E-state index contributed by atoms with van der Waals surface area (Å²) in [6.07, 6.45) is 1.40. The molecule has 0 aromatic heterocycles. The molecule has 1 nitrogen and oxygen atoms in total. The Labute approximate surface area is 62.8 Å². The van der Waals surface area contributed by atoms with E-state index in [1.165, 1.54) is 26.1 Å². The molecule has 1 heterocycles. The summed E-state index contributed by atoms with van der Waals surface area (Å²) in [5, 5.41) is 0. The highest BCUT2D eigenvalue weighted by Gasteiger charge is 2.14. The number of hydrogen-bond acceptors (Lipinski definition) is 2. The Morgan fingerprint density at radius 2 is 2.22 bits per heavy atom. The van der Waals surface area contributed by atoms with Crippen LogP contribution in [0.25, 0.3) is 0 Å². The molecule has 0 radical (unpaired) electrons. The Hall–Kier alpha value is 0.310. The first kappa shape index (κ1) is 7.42. The molecular weight excluding hydrogens is 130 g/mol. The lowest BCUT2D eigenvalue weighted by Gasteiger charge is -2.32. The van der Waals surface area contributed by atoms with Crippen LogP contribution in [0, 0.1) is 5.92 Å². The topological polar surface area (TPSA) is 3.24 Å². The van der Waals surface area contributed by atoms with Crippen molar-refractivity contribution in [1.29, 1.82) is 0 Å². The summed E-state index contributed by atoms with van der Waals surface area (Å²) in [6.45, 7) is 6.14. The Morgan fingerprint density at radius 3 is 2.56 bits per heavy atom. The van der Waals surface area contributed by atoms with Gasteiger partial charge in [-0.05, 0) is 31.2 Å². The molecule has 1 aliphatic rings. The van der Waals surface area contributed by atoms with E-state index in [1.807, 2.05) is 0 Å². The Bertz CT molecular complexity index is 78.2. The molecule has 1 aliphatic heterocycles. The summed E-state index contributed by atoms with van der Waals surface area (Å²) < 4.78 is 0. The number of rotatable bonds is 3. The van der Waals surface area contributed by atoms with Crippen LogP contribution < -0.4 is 0 Å². The average molecular weight is 145 g/mol. The van der Waals surface area contributed by atoms with Crippen molar-refractivity contribution in [2.75, 3.05) is 25.4 Å². The van der Waals surface area contributed by atoms with Gasteiger partial charge in [0.1, 0.15) is 0 Å². The van der Waals surface area contributed by atoms with Gasteiger partial charge in [0.2, 0.25) is 0 Å². The molecule has 0 aromatic carbocycles. The molecule has 1 saturated heterocycles. The summed E-state index contributed by atoms with van der Waals surface area (Å²) in [7, 11) is 0. The highest BCUT2D eigenvalue weighted by Crippen LogP contribution is 2.09. The number of thiol groups is 1. The van der Waals surface area contributed by atoms with Crippen LogP contribution >= 0.6 is 12.6 Å². The fourth-order valence-corrected chi connectivity index (χ4v) is 1.18. The summed E-state index contributed by atoms with van der Waals surface area (Å²) in [5.74, 6) is 1.80. The van der Waals surface area contributed by atoms with Gasteiger partial charge in [0, 0.05) is 6.54 Å². The minimum atomic E-state index is 0.772. The molecule has 0 spiro atoms. The molecule has 0 saturated carbocycles. The Kier molecular flexibility index (Phi) is 2.86. The predicted molar refractivity (Wildman–Crippen MR) is 44.1 cm³/mol. The standard InChI is InChI=1S/C7H15NS/c1-7(6-9)5-8-3-2-4-8/h7,9H,2-6H2,1H3. The van der Waals surface area contributed by atoms with Crippen LogP contribution in [0.5, 0.6) is 0 Å². The molecule has 0 N–H and O–H groups in total. The Morgan fingerprint density at radius 1 is 1.56 bits per heavy atom. The summed E-state index contributed by atoms with van der Waals surface area (Å²) in [6, 6.07) is 0. The average Bonchev–Trinajstić information content (AvgIpc) is 1.78. The molecule has 1 unspecified atom stereocenters. The third-order valence-corrected chi connectivity index (χ3v) is 2.45. The van der Waals surface area contributed by atoms with Crippen molar-refractivity contribution >= 4 is 12.6 Å². The van der Waals surface area contributed by atoms with E-state index in [-0.39, 0.29) is 0 Å². The normalized spacial score (nSPS) is 23.3. The lowest BCUT2D eigenvalue weighted by atomic mass is 10.1. The molecule has 0 amide bonds. The summed E-state index contributed by atoms with van der Waals surface area (Å²) in [5.41, 5.74) is 0. The van der Waals surface area contributed by atoms with Gasteiger partial charge in [-0.25, -0.2) is 0 Å². The van der Waals surface area contributed by atoms with Gasteiger partial charge in [0.05, 0.1) is 0 Å². The van der Waals surface area contributed by atoms with E-state index in [0.29, 0.717) is 0 Å². The zero-order chi connectivity index (χ0) is 6.69. The van der Waals surface area contributed by atoms with Crippen molar-refractivity contribution in [1.82, 2.24) is 4.90 Å². The van der Waals surface area contributed by atoms with E-state index in [2.05, 4.69) is 24.5 Å². The first-order valence-corrected chi connectivity index (χ1v) is 4.29. The monoisotopic (exact) mass is 145 g/mol. The molecule has 1 atom stereocenters. The van der Waals surface area contributed by atoms with E-state index in [1.54, 1.807) is 0 Å². The number of likely N-dealkylation sites (tertiary alicyclic amines) is 1. The highest BCUT2D eigenvalue weighted by atomic mass is 32.1. The molecule has 0 bridgehead atoms. The summed E-state index contributed by atoms with van der Waals surface area (Å²) in [4.78, 5) is 2.49. The molecular formula is C7H15NS. The number of hydrogen-bond donors (Lipinski definition) is 1. The van der Waals surface area contributed by atoms with Crippen LogP contribution in [0.1, 0.15) is 13.3 Å². The maximum Gasteiger partial charge on any atom is 0.00148 e. The van der Waals surface area contributed by atoms with Gasteiger partial charge in [-0.15, -0.1) is 0 Å². The molecule has 0 aliphatic carbocycles. The van der Waals surface area contributed by atoms with Crippen molar-refractivity contribution in [2.24, 2.45) is 5.92 Å². The highest BCUT2D eigenvalue weighted by molar-refractivity contribution is 7.80. The minimum absolute atomic E-state index is 0.772. The first-order chi connectivity index (χ1) is 4.33. The molecule has 0 aromatic rings. The van der Waals surface area contributed by atoms with E-state index < -0.39 is 0 Å². The van der Waals surface area contributed by atoms with Crippen LogP contribution in [0.3, 0.4) is 0 Å². The van der Waals surface area contributed by atoms with Crippen molar-refractivity contribution in [2.45, 2.75) is 13.3 Å². The first-order valence-electron chi connectivity index (χ1n) is 3.66. The largest absolute Gasteiger partial charge is 0.303 e. The lowest BCUT2D eigenvalue weighted by Crippen LogP contribution is -2.40. The van der Waals surface area contributed by atoms with Crippen molar-refractivity contribution in [3.63, 3.8) is 0 Å². The molecule has 1 rings (SSSR count). The van der Waals surface area contributed by atoms with Gasteiger partial charge in [-0.1, -0.05) is 6.92 Å². The van der Waals surface area contributed by atoms with Crippen molar-refractivity contribution in [3.8, 4) is 0 Å². The molecule has 2 heteroatoms. The Balaban J connectivity index is 2.01. The van der Waals surface area contributed by atoms with Crippen LogP contribution in [-0.4, -0.2) is 30.3 Å². The van der Waals surface area contributed by atoms with Gasteiger partial charge in [0.25, 0.3) is 0 Å². The SMILES string of the molecule is CC(CS)CN1CCC1. The second-order valence-electron chi connectivity index (χ2n) is 2.94. The zero-order valence-electron chi connectivity index (χ0n) is 6.01. The van der Waals surface area contributed by atoms with E-state index in [0.717, 1.165) is 11.7 Å². The van der Waals surface area contributed by atoms with Crippen LogP contribution in [0.15, 0.2) is 0 Å². The van der Waals surface area contributed by atoms with Gasteiger partial charge < -0.3 is 4.90 Å². The second-order valence-corrected chi connectivity index (χ2v) is 3.31. The maximum atomic E-state index is 4.23. The molecule has 9 heavy (non-hydrogen) atoms. The van der Waals surface area contributed by atoms with Gasteiger partial charge in [-0.2, -0.15) is 12.6 Å². The van der Waals surface area contributed by atoms with E-state index in [9.17, 15) is 0 Å². The van der Waals surface area contributed by atoms with Crippen LogP contribution in [0.4, 0.5) is 0 Å². The van der Waals surface area contributed by atoms with E-state index in [4.69, 9.17) is 0 Å². The smallest absolute Gasteiger partial charge is 0.00148 e. The van der Waals surface area contributed by atoms with Gasteiger partial charge >= 0.3 is 0 Å². The maximum absolute atomic E-state index is 4.23. The van der Waals surface area contributed by atoms with Crippen LogP contribution in [-0.2, 0) is 0 Å². The third kappa shape index (κ3) is 2.18. The van der Waals surface area contributed by atoms with Crippen molar-refractivity contribution < 1.29 is 0 Å². The molecule has 1 fully saturated rings. The second kappa shape index (κ2) is 3.47. The van der Waals surface area contributed by atoms with Crippen molar-refractivity contribution in [3.05, 3.63) is 0 Å². The lowest BCUT2D eigenvalue weighted by molar-refractivity contribution is 0.162. The predicted octanol–water partition coefficient (Wildman–Crippen LogP) is 1.26. The van der Waals surface area contributed by atoms with Gasteiger partial charge in [0.15, 0.2) is 0 Å². The zero-order valence-corrected chi connectivity index (χ0v) is 6.90.